The third kappa shape index (κ3) is 3.15. The number of ether oxygens (including phenoxy) is 1. The predicted octanol–water partition coefficient (Wildman–Crippen LogP) is 1.52. The molecule has 0 aliphatic carbocycles. The fraction of sp³-hybridized carbons (Fsp3) is 0.846. The van der Waals surface area contributed by atoms with Gasteiger partial charge in [0.15, 0.2) is 0 Å². The third-order valence-electron chi connectivity index (χ3n) is 3.50. The van der Waals surface area contributed by atoms with Crippen molar-refractivity contribution < 1.29 is 14.3 Å². The van der Waals surface area contributed by atoms with E-state index in [4.69, 9.17) is 4.74 Å². The molecule has 0 bridgehead atoms. The molecule has 1 N–H and O–H groups in total. The highest BCUT2D eigenvalue weighted by atomic mass is 16.6. The molecule has 2 aliphatic heterocycles. The first-order valence-electron chi connectivity index (χ1n) is 6.62. The van der Waals surface area contributed by atoms with E-state index >= 15 is 0 Å². The summed E-state index contributed by atoms with van der Waals surface area (Å²) in [4.78, 5) is 25.0. The molecule has 18 heavy (non-hydrogen) atoms. The minimum absolute atomic E-state index is 0.0993. The van der Waals surface area contributed by atoms with E-state index in [0.29, 0.717) is 18.9 Å². The zero-order valence-electron chi connectivity index (χ0n) is 11.4. The molecular formula is C13H22N2O3. The highest BCUT2D eigenvalue weighted by Crippen LogP contribution is 2.26. The lowest BCUT2D eigenvalue weighted by molar-refractivity contribution is -0.125. The Bertz CT molecular complexity index is 349. The second kappa shape index (κ2) is 4.78. The van der Waals surface area contributed by atoms with Crippen LogP contribution in [0.1, 0.15) is 40.0 Å². The van der Waals surface area contributed by atoms with Crippen LogP contribution in [-0.4, -0.2) is 41.6 Å². The van der Waals surface area contributed by atoms with E-state index in [1.165, 1.54) is 0 Å². The number of hydrogen-bond acceptors (Lipinski definition) is 3. The second-order valence-electron chi connectivity index (χ2n) is 6.19. The molecule has 2 unspecified atom stereocenters. The van der Waals surface area contributed by atoms with Crippen LogP contribution in [0, 0.1) is 5.92 Å². The molecular weight excluding hydrogens is 232 g/mol. The number of fused-ring (bicyclic) bond motifs is 1. The molecule has 102 valence electrons. The van der Waals surface area contributed by atoms with Crippen molar-refractivity contribution in [3.63, 3.8) is 0 Å². The standard InChI is InChI=1S/C13H22N2O3/c1-13(2,3)18-12(17)15-7-6-9-4-5-11(16)14-10(9)8-15/h9-10H,4-8H2,1-3H3,(H,14,16). The zero-order chi connectivity index (χ0) is 13.3. The summed E-state index contributed by atoms with van der Waals surface area (Å²) in [5, 5.41) is 2.98. The first-order valence-corrected chi connectivity index (χ1v) is 6.62. The van der Waals surface area contributed by atoms with Crippen LogP contribution in [0.15, 0.2) is 0 Å². The number of nitrogens with one attached hydrogen (secondary N) is 1. The molecule has 0 radical (unpaired) electrons. The second-order valence-corrected chi connectivity index (χ2v) is 6.19. The van der Waals surface area contributed by atoms with Crippen LogP contribution in [0.5, 0.6) is 0 Å². The number of carbonyl (C=O) groups excluding carboxylic acids is 2. The van der Waals surface area contributed by atoms with Crippen molar-refractivity contribution in [3.05, 3.63) is 0 Å². The van der Waals surface area contributed by atoms with Crippen LogP contribution < -0.4 is 5.32 Å². The van der Waals surface area contributed by atoms with E-state index < -0.39 is 5.60 Å². The van der Waals surface area contributed by atoms with Crippen LogP contribution >= 0.6 is 0 Å². The average Bonchev–Trinajstić information content (AvgIpc) is 2.25. The molecule has 2 amide bonds. The lowest BCUT2D eigenvalue weighted by Gasteiger charge is -2.41. The summed E-state index contributed by atoms with van der Waals surface area (Å²) < 4.78 is 5.36. The fourth-order valence-electron chi connectivity index (χ4n) is 2.60. The van der Waals surface area contributed by atoms with Crippen molar-refractivity contribution >= 4 is 12.0 Å². The summed E-state index contributed by atoms with van der Waals surface area (Å²) in [6.07, 6.45) is 2.23. The van der Waals surface area contributed by atoms with Crippen molar-refractivity contribution in [2.45, 2.75) is 51.7 Å². The Labute approximate surface area is 108 Å². The summed E-state index contributed by atoms with van der Waals surface area (Å²) in [5.41, 5.74) is -0.469. The molecule has 2 heterocycles. The average molecular weight is 254 g/mol. The number of nitrogens with zero attached hydrogens (tertiary/aromatic N) is 1. The van der Waals surface area contributed by atoms with Crippen molar-refractivity contribution in [2.75, 3.05) is 13.1 Å². The summed E-state index contributed by atoms with van der Waals surface area (Å²) in [7, 11) is 0. The van der Waals surface area contributed by atoms with Gasteiger partial charge in [0.25, 0.3) is 0 Å². The Balaban J connectivity index is 1.93. The van der Waals surface area contributed by atoms with Crippen molar-refractivity contribution in [1.29, 1.82) is 0 Å². The Morgan fingerprint density at radius 1 is 1.39 bits per heavy atom. The van der Waals surface area contributed by atoms with Gasteiger partial charge in [0.1, 0.15) is 5.60 Å². The number of hydrogen-bond donors (Lipinski definition) is 1. The van der Waals surface area contributed by atoms with Gasteiger partial charge in [0.05, 0.1) is 0 Å². The molecule has 5 heteroatoms. The predicted molar refractivity (Wildman–Crippen MR) is 67.1 cm³/mol. The maximum absolute atomic E-state index is 12.0. The monoisotopic (exact) mass is 254 g/mol. The van der Waals surface area contributed by atoms with Crippen LogP contribution in [0.4, 0.5) is 4.79 Å². The molecule has 2 saturated heterocycles. The topological polar surface area (TPSA) is 58.6 Å². The SMILES string of the molecule is CC(C)(C)OC(=O)N1CCC2CCC(=O)NC2C1. The van der Waals surface area contributed by atoms with Gasteiger partial charge < -0.3 is 15.0 Å². The smallest absolute Gasteiger partial charge is 0.410 e. The van der Waals surface area contributed by atoms with Crippen LogP contribution in [0.25, 0.3) is 0 Å². The molecule has 5 nitrogen and oxygen atoms in total. The van der Waals surface area contributed by atoms with Crippen LogP contribution in [0.3, 0.4) is 0 Å². The maximum Gasteiger partial charge on any atom is 0.410 e. The highest BCUT2D eigenvalue weighted by molar-refractivity contribution is 5.77. The van der Waals surface area contributed by atoms with Gasteiger partial charge in [-0.25, -0.2) is 4.79 Å². The molecule has 2 rings (SSSR count). The normalized spacial score (nSPS) is 28.4. The number of likely N-dealkylation sites (tertiary alicyclic amines) is 1. The minimum Gasteiger partial charge on any atom is -0.444 e. The van der Waals surface area contributed by atoms with Crippen molar-refractivity contribution in [1.82, 2.24) is 10.2 Å². The molecule has 0 spiro atoms. The Hall–Kier alpha value is -1.26. The maximum atomic E-state index is 12.0. The van der Waals surface area contributed by atoms with Crippen LogP contribution in [0.2, 0.25) is 0 Å². The van der Waals surface area contributed by atoms with E-state index in [0.717, 1.165) is 19.4 Å². The quantitative estimate of drug-likeness (QED) is 0.713. The minimum atomic E-state index is -0.469. The van der Waals surface area contributed by atoms with E-state index in [-0.39, 0.29) is 18.0 Å². The largest absolute Gasteiger partial charge is 0.444 e. The van der Waals surface area contributed by atoms with E-state index in [2.05, 4.69) is 5.32 Å². The number of amides is 2. The summed E-state index contributed by atoms with van der Waals surface area (Å²) >= 11 is 0. The lowest BCUT2D eigenvalue weighted by atomic mass is 9.85. The summed E-state index contributed by atoms with van der Waals surface area (Å²) in [6.45, 7) is 6.89. The molecule has 0 aromatic carbocycles. The Kier molecular flexibility index (Phi) is 3.50. The Morgan fingerprint density at radius 2 is 2.11 bits per heavy atom. The third-order valence-corrected chi connectivity index (χ3v) is 3.50. The summed E-state index contributed by atoms with van der Waals surface area (Å²) in [5.74, 6) is 0.615. The van der Waals surface area contributed by atoms with Gasteiger partial charge in [-0.1, -0.05) is 0 Å². The molecule has 0 saturated carbocycles. The number of piperidine rings is 2. The van der Waals surface area contributed by atoms with Gasteiger partial charge in [-0.2, -0.15) is 0 Å². The van der Waals surface area contributed by atoms with Crippen LogP contribution in [-0.2, 0) is 9.53 Å². The van der Waals surface area contributed by atoms with Crippen molar-refractivity contribution in [3.8, 4) is 0 Å². The number of carbonyl (C=O) groups is 2. The molecule has 0 aromatic heterocycles. The van der Waals surface area contributed by atoms with E-state index in [1.807, 2.05) is 20.8 Å². The van der Waals surface area contributed by atoms with Gasteiger partial charge in [0, 0.05) is 25.6 Å². The van der Waals surface area contributed by atoms with Gasteiger partial charge >= 0.3 is 6.09 Å². The Morgan fingerprint density at radius 3 is 2.78 bits per heavy atom. The molecule has 0 aromatic rings. The first kappa shape index (κ1) is 13.2. The molecule has 2 fully saturated rings. The van der Waals surface area contributed by atoms with Gasteiger partial charge in [-0.3, -0.25) is 4.79 Å². The number of rotatable bonds is 0. The van der Waals surface area contributed by atoms with E-state index in [9.17, 15) is 9.59 Å². The van der Waals surface area contributed by atoms with Crippen molar-refractivity contribution in [2.24, 2.45) is 5.92 Å². The zero-order valence-corrected chi connectivity index (χ0v) is 11.4. The molecule has 2 atom stereocenters. The first-order chi connectivity index (χ1) is 8.35. The van der Waals surface area contributed by atoms with Gasteiger partial charge in [-0.05, 0) is 39.5 Å². The van der Waals surface area contributed by atoms with Gasteiger partial charge in [-0.15, -0.1) is 0 Å². The van der Waals surface area contributed by atoms with Gasteiger partial charge in [0.2, 0.25) is 5.91 Å². The van der Waals surface area contributed by atoms with E-state index in [1.54, 1.807) is 4.90 Å². The highest BCUT2D eigenvalue weighted by Gasteiger charge is 2.36. The lowest BCUT2D eigenvalue weighted by Crippen LogP contribution is -2.57. The fourth-order valence-corrected chi connectivity index (χ4v) is 2.60. The summed E-state index contributed by atoms with van der Waals surface area (Å²) in [6, 6.07) is 0.104. The molecule has 2 aliphatic rings.